The third-order valence-corrected chi connectivity index (χ3v) is 5.69. The van der Waals surface area contributed by atoms with Gasteiger partial charge in [-0.25, -0.2) is 0 Å². The fourth-order valence-corrected chi connectivity index (χ4v) is 3.93. The van der Waals surface area contributed by atoms with Gasteiger partial charge in [0.1, 0.15) is 17.3 Å². The summed E-state index contributed by atoms with van der Waals surface area (Å²) in [5.41, 5.74) is 3.09. The molecule has 28 heavy (non-hydrogen) atoms. The standard InChI is InChI=1S/C23H32N2O3/c1-16-12-21(28-18(16)3)15-25-11-5-6-19(14-25)7-10-23(26)24-22-9-8-20(27-4)13-17(22)2/h8-9,12-13,19H,5-7,10-11,14-15H2,1-4H3,(H,24,26). The number of ether oxygens (including phenoxy) is 1. The van der Waals surface area contributed by atoms with E-state index in [1.54, 1.807) is 7.11 Å². The maximum Gasteiger partial charge on any atom is 0.224 e. The van der Waals surface area contributed by atoms with E-state index in [0.29, 0.717) is 12.3 Å². The summed E-state index contributed by atoms with van der Waals surface area (Å²) in [7, 11) is 1.65. The van der Waals surface area contributed by atoms with Crippen molar-refractivity contribution in [3.05, 3.63) is 46.9 Å². The van der Waals surface area contributed by atoms with Crippen LogP contribution < -0.4 is 10.1 Å². The summed E-state index contributed by atoms with van der Waals surface area (Å²) in [4.78, 5) is 14.9. The molecule has 5 heteroatoms. The van der Waals surface area contributed by atoms with E-state index in [-0.39, 0.29) is 5.91 Å². The molecule has 1 saturated heterocycles. The second kappa shape index (κ2) is 9.28. The Morgan fingerprint density at radius 2 is 2.07 bits per heavy atom. The Bertz CT molecular complexity index is 793. The van der Waals surface area contributed by atoms with Crippen molar-refractivity contribution < 1.29 is 13.9 Å². The van der Waals surface area contributed by atoms with Crippen LogP contribution in [-0.2, 0) is 11.3 Å². The molecule has 1 aromatic carbocycles. The number of hydrogen-bond acceptors (Lipinski definition) is 4. The second-order valence-electron chi connectivity index (χ2n) is 7.96. The van der Waals surface area contributed by atoms with Crippen LogP contribution in [0, 0.1) is 26.7 Å². The summed E-state index contributed by atoms with van der Waals surface area (Å²) in [5, 5.41) is 3.04. The maximum atomic E-state index is 12.4. The zero-order valence-corrected chi connectivity index (χ0v) is 17.5. The van der Waals surface area contributed by atoms with Crippen molar-refractivity contribution in [3.8, 4) is 5.75 Å². The normalized spacial score (nSPS) is 17.5. The van der Waals surface area contributed by atoms with E-state index in [0.717, 1.165) is 54.6 Å². The van der Waals surface area contributed by atoms with Gasteiger partial charge in [0.2, 0.25) is 5.91 Å². The number of benzene rings is 1. The molecule has 0 bridgehead atoms. The van der Waals surface area contributed by atoms with Crippen molar-refractivity contribution in [2.45, 2.75) is 53.0 Å². The molecule has 1 atom stereocenters. The van der Waals surface area contributed by atoms with Gasteiger partial charge in [0.05, 0.1) is 13.7 Å². The molecule has 2 aromatic rings. The van der Waals surface area contributed by atoms with Crippen molar-refractivity contribution in [3.63, 3.8) is 0 Å². The maximum absolute atomic E-state index is 12.4. The predicted octanol–water partition coefficient (Wildman–Crippen LogP) is 4.84. The van der Waals surface area contributed by atoms with Crippen LogP contribution in [0.4, 0.5) is 5.69 Å². The Hall–Kier alpha value is -2.27. The van der Waals surface area contributed by atoms with E-state index in [1.165, 1.54) is 18.4 Å². The zero-order chi connectivity index (χ0) is 20.1. The SMILES string of the molecule is COc1ccc(NC(=O)CCC2CCCN(Cc3cc(C)c(C)o3)C2)c(C)c1. The molecule has 2 heterocycles. The molecule has 1 unspecified atom stereocenters. The number of nitrogens with one attached hydrogen (secondary N) is 1. The van der Waals surface area contributed by atoms with Crippen molar-refractivity contribution in [1.82, 2.24) is 4.90 Å². The number of methoxy groups -OCH3 is 1. The fraction of sp³-hybridized carbons (Fsp3) is 0.522. The first-order chi connectivity index (χ1) is 13.4. The van der Waals surface area contributed by atoms with Gasteiger partial charge >= 0.3 is 0 Å². The number of furan rings is 1. The van der Waals surface area contributed by atoms with Crippen LogP contribution in [0.1, 0.15) is 48.3 Å². The molecule has 1 aliphatic heterocycles. The second-order valence-corrected chi connectivity index (χ2v) is 7.96. The van der Waals surface area contributed by atoms with E-state index in [9.17, 15) is 4.79 Å². The lowest BCUT2D eigenvalue weighted by atomic mass is 9.93. The molecule has 1 fully saturated rings. The van der Waals surface area contributed by atoms with E-state index in [1.807, 2.05) is 32.0 Å². The average molecular weight is 385 g/mol. The molecule has 1 aromatic heterocycles. The number of likely N-dealkylation sites (tertiary alicyclic amines) is 1. The highest BCUT2D eigenvalue weighted by Gasteiger charge is 2.22. The Morgan fingerprint density at radius 1 is 1.25 bits per heavy atom. The molecule has 1 aliphatic rings. The van der Waals surface area contributed by atoms with Gasteiger partial charge in [0.25, 0.3) is 0 Å². The first kappa shape index (κ1) is 20.5. The molecule has 5 nitrogen and oxygen atoms in total. The first-order valence-electron chi connectivity index (χ1n) is 10.2. The topological polar surface area (TPSA) is 54.7 Å². The minimum Gasteiger partial charge on any atom is -0.497 e. The van der Waals surface area contributed by atoms with Crippen molar-refractivity contribution >= 4 is 11.6 Å². The number of aryl methyl sites for hydroxylation is 3. The van der Waals surface area contributed by atoms with Crippen LogP contribution in [0.2, 0.25) is 0 Å². The molecule has 1 amide bonds. The largest absolute Gasteiger partial charge is 0.497 e. The molecule has 0 saturated carbocycles. The smallest absolute Gasteiger partial charge is 0.224 e. The van der Waals surface area contributed by atoms with E-state index >= 15 is 0 Å². The molecular formula is C23H32N2O3. The number of amides is 1. The minimum atomic E-state index is 0.0858. The number of hydrogen-bond donors (Lipinski definition) is 1. The molecule has 1 N–H and O–H groups in total. The predicted molar refractivity (Wildman–Crippen MR) is 112 cm³/mol. The average Bonchev–Trinajstić information content (AvgIpc) is 2.99. The van der Waals surface area contributed by atoms with Gasteiger partial charge in [-0.1, -0.05) is 0 Å². The van der Waals surface area contributed by atoms with Gasteiger partial charge in [-0.15, -0.1) is 0 Å². The summed E-state index contributed by atoms with van der Waals surface area (Å²) in [6.07, 6.45) is 3.86. The Balaban J connectivity index is 1.46. The minimum absolute atomic E-state index is 0.0858. The Morgan fingerprint density at radius 3 is 2.75 bits per heavy atom. The van der Waals surface area contributed by atoms with Crippen molar-refractivity contribution in [2.24, 2.45) is 5.92 Å². The Kier molecular flexibility index (Phi) is 6.79. The van der Waals surface area contributed by atoms with Crippen LogP contribution in [0.15, 0.2) is 28.7 Å². The first-order valence-corrected chi connectivity index (χ1v) is 10.2. The van der Waals surface area contributed by atoms with Gasteiger partial charge in [-0.05, 0) is 87.9 Å². The van der Waals surface area contributed by atoms with Crippen LogP contribution in [-0.4, -0.2) is 31.0 Å². The number of nitrogens with zero attached hydrogens (tertiary/aromatic N) is 1. The van der Waals surface area contributed by atoms with Gasteiger partial charge in [0, 0.05) is 18.7 Å². The van der Waals surface area contributed by atoms with Gasteiger partial charge in [-0.3, -0.25) is 9.69 Å². The molecule has 0 radical (unpaired) electrons. The quantitative estimate of drug-likeness (QED) is 0.742. The van der Waals surface area contributed by atoms with E-state index < -0.39 is 0 Å². The molecule has 0 aliphatic carbocycles. The summed E-state index contributed by atoms with van der Waals surface area (Å²) in [6.45, 7) is 9.09. The number of piperidine rings is 1. The summed E-state index contributed by atoms with van der Waals surface area (Å²) >= 11 is 0. The van der Waals surface area contributed by atoms with Crippen LogP contribution in [0.3, 0.4) is 0 Å². The van der Waals surface area contributed by atoms with E-state index in [2.05, 4.69) is 23.2 Å². The van der Waals surface area contributed by atoms with Crippen molar-refractivity contribution in [2.75, 3.05) is 25.5 Å². The third-order valence-electron chi connectivity index (χ3n) is 5.69. The monoisotopic (exact) mass is 384 g/mol. The molecule has 152 valence electrons. The molecule has 3 rings (SSSR count). The molecule has 0 spiro atoms. The highest BCUT2D eigenvalue weighted by Crippen LogP contribution is 2.25. The third kappa shape index (κ3) is 5.38. The highest BCUT2D eigenvalue weighted by molar-refractivity contribution is 5.91. The molecular weight excluding hydrogens is 352 g/mol. The number of anilines is 1. The lowest BCUT2D eigenvalue weighted by Gasteiger charge is -2.32. The van der Waals surface area contributed by atoms with Gasteiger partial charge < -0.3 is 14.5 Å². The number of carbonyl (C=O) groups excluding carboxylic acids is 1. The number of rotatable bonds is 7. The van der Waals surface area contributed by atoms with Crippen LogP contribution in [0.25, 0.3) is 0 Å². The summed E-state index contributed by atoms with van der Waals surface area (Å²) in [6, 6.07) is 7.86. The van der Waals surface area contributed by atoms with Crippen molar-refractivity contribution in [1.29, 1.82) is 0 Å². The fourth-order valence-electron chi connectivity index (χ4n) is 3.93. The lowest BCUT2D eigenvalue weighted by molar-refractivity contribution is -0.116. The van der Waals surface area contributed by atoms with Crippen LogP contribution >= 0.6 is 0 Å². The van der Waals surface area contributed by atoms with Gasteiger partial charge in [-0.2, -0.15) is 0 Å². The van der Waals surface area contributed by atoms with E-state index in [4.69, 9.17) is 9.15 Å². The summed E-state index contributed by atoms with van der Waals surface area (Å²) in [5.74, 6) is 3.51. The van der Waals surface area contributed by atoms with Crippen LogP contribution in [0.5, 0.6) is 5.75 Å². The van der Waals surface area contributed by atoms with Gasteiger partial charge in [0.15, 0.2) is 0 Å². The highest BCUT2D eigenvalue weighted by atomic mass is 16.5. The number of carbonyl (C=O) groups is 1. The lowest BCUT2D eigenvalue weighted by Crippen LogP contribution is -2.35. The Labute approximate surface area is 168 Å². The zero-order valence-electron chi connectivity index (χ0n) is 17.5. The summed E-state index contributed by atoms with van der Waals surface area (Å²) < 4.78 is 11.0.